The maximum absolute atomic E-state index is 14.5. The fraction of sp³-hybridized carbons (Fsp3) is 0.636. The molecule has 2 aliphatic heterocycles. The van der Waals surface area contributed by atoms with Crippen molar-refractivity contribution in [3.63, 3.8) is 0 Å². The molecular formula is C22H32F2N4O3. The number of nitrogens with two attached hydrogens (primary N) is 1. The normalized spacial score (nSPS) is 18.9. The Morgan fingerprint density at radius 3 is 2.32 bits per heavy atom. The summed E-state index contributed by atoms with van der Waals surface area (Å²) < 4.78 is 33.9. The maximum Gasteiger partial charge on any atom is 0.410 e. The first-order chi connectivity index (χ1) is 14.7. The lowest BCUT2D eigenvalue weighted by atomic mass is 10.0. The summed E-state index contributed by atoms with van der Waals surface area (Å²) in [5.41, 5.74) is 7.03. The van der Waals surface area contributed by atoms with Gasteiger partial charge in [-0.3, -0.25) is 0 Å². The number of piperidine rings is 2. The first-order valence-corrected chi connectivity index (χ1v) is 10.9. The number of hydrogen-bond donors (Lipinski definition) is 1. The molecule has 172 valence electrons. The molecule has 0 radical (unpaired) electrons. The molecule has 2 fully saturated rings. The second-order valence-corrected chi connectivity index (χ2v) is 8.48. The van der Waals surface area contributed by atoms with Crippen LogP contribution in [0, 0.1) is 11.6 Å². The Labute approximate surface area is 182 Å². The second kappa shape index (κ2) is 10.3. The molecule has 3 rings (SSSR count). The van der Waals surface area contributed by atoms with Gasteiger partial charge in [0.05, 0.1) is 17.5 Å². The van der Waals surface area contributed by atoms with Crippen LogP contribution >= 0.6 is 0 Å². The van der Waals surface area contributed by atoms with Gasteiger partial charge in [0.15, 0.2) is 0 Å². The maximum atomic E-state index is 14.5. The van der Waals surface area contributed by atoms with Crippen LogP contribution in [-0.4, -0.2) is 55.1 Å². The number of nitrogens with zero attached hydrogens (tertiary/aromatic N) is 3. The van der Waals surface area contributed by atoms with Gasteiger partial charge in [0.2, 0.25) is 0 Å². The minimum absolute atomic E-state index is 0.0361. The van der Waals surface area contributed by atoms with Crippen molar-refractivity contribution in [3.05, 3.63) is 29.3 Å². The smallest absolute Gasteiger partial charge is 0.410 e. The van der Waals surface area contributed by atoms with E-state index in [4.69, 9.17) is 15.3 Å². The zero-order valence-corrected chi connectivity index (χ0v) is 18.4. The minimum Gasteiger partial charge on any atom is -0.447 e. The van der Waals surface area contributed by atoms with Gasteiger partial charge in [0.25, 0.3) is 0 Å². The number of halogens is 2. The number of rotatable bonds is 5. The van der Waals surface area contributed by atoms with E-state index in [1.165, 1.54) is 12.1 Å². The third-order valence-corrected chi connectivity index (χ3v) is 5.61. The quantitative estimate of drug-likeness (QED) is 0.704. The van der Waals surface area contributed by atoms with Crippen molar-refractivity contribution in [2.45, 2.75) is 64.7 Å². The van der Waals surface area contributed by atoms with Gasteiger partial charge in [-0.2, -0.15) is 0 Å². The molecule has 2 saturated heterocycles. The van der Waals surface area contributed by atoms with E-state index in [9.17, 15) is 13.6 Å². The molecule has 7 nitrogen and oxygen atoms in total. The van der Waals surface area contributed by atoms with Crippen molar-refractivity contribution in [2.75, 3.05) is 31.1 Å². The fourth-order valence-corrected chi connectivity index (χ4v) is 3.81. The second-order valence-electron chi connectivity index (χ2n) is 8.48. The topological polar surface area (TPSA) is 80.4 Å². The number of carbonyl (C=O) groups is 1. The molecule has 9 heteroatoms. The van der Waals surface area contributed by atoms with Gasteiger partial charge >= 0.3 is 6.09 Å². The third-order valence-electron chi connectivity index (χ3n) is 5.61. The highest BCUT2D eigenvalue weighted by Crippen LogP contribution is 2.28. The lowest BCUT2D eigenvalue weighted by Crippen LogP contribution is -2.41. The summed E-state index contributed by atoms with van der Waals surface area (Å²) in [6, 6.07) is 1.85. The highest BCUT2D eigenvalue weighted by molar-refractivity contribution is 5.86. The molecule has 0 spiro atoms. The average Bonchev–Trinajstić information content (AvgIpc) is 2.73. The SMILES string of the molecule is CC(C)OC(=O)N1CCC(ON=C2CCN(c3cc(F)c(C(C)N)cc3F)CC2)CC1. The van der Waals surface area contributed by atoms with Crippen LogP contribution in [0.15, 0.2) is 17.3 Å². The molecule has 1 aromatic rings. The van der Waals surface area contributed by atoms with Crippen molar-refractivity contribution in [1.29, 1.82) is 0 Å². The summed E-state index contributed by atoms with van der Waals surface area (Å²) >= 11 is 0. The molecule has 2 heterocycles. The van der Waals surface area contributed by atoms with E-state index in [-0.39, 0.29) is 29.6 Å². The zero-order valence-electron chi connectivity index (χ0n) is 18.4. The molecule has 2 aliphatic rings. The van der Waals surface area contributed by atoms with Gasteiger partial charge < -0.3 is 25.1 Å². The van der Waals surface area contributed by atoms with Crippen LogP contribution in [-0.2, 0) is 9.57 Å². The van der Waals surface area contributed by atoms with Crippen LogP contribution in [0.4, 0.5) is 19.3 Å². The predicted molar refractivity (Wildman–Crippen MR) is 115 cm³/mol. The molecule has 0 aromatic heterocycles. The van der Waals surface area contributed by atoms with E-state index in [1.807, 2.05) is 18.7 Å². The largest absolute Gasteiger partial charge is 0.447 e. The average molecular weight is 439 g/mol. The van der Waals surface area contributed by atoms with Crippen molar-refractivity contribution in [2.24, 2.45) is 10.9 Å². The van der Waals surface area contributed by atoms with E-state index in [0.717, 1.165) is 5.71 Å². The molecule has 31 heavy (non-hydrogen) atoms. The fourth-order valence-electron chi connectivity index (χ4n) is 3.81. The van der Waals surface area contributed by atoms with E-state index in [2.05, 4.69) is 5.16 Å². The number of carbonyl (C=O) groups excluding carboxylic acids is 1. The van der Waals surface area contributed by atoms with Crippen molar-refractivity contribution < 1.29 is 23.1 Å². The van der Waals surface area contributed by atoms with Crippen LogP contribution in [0.25, 0.3) is 0 Å². The van der Waals surface area contributed by atoms with Crippen LogP contribution < -0.4 is 10.6 Å². The van der Waals surface area contributed by atoms with Crippen LogP contribution in [0.2, 0.25) is 0 Å². The van der Waals surface area contributed by atoms with Crippen LogP contribution in [0.1, 0.15) is 58.1 Å². The van der Waals surface area contributed by atoms with E-state index in [0.29, 0.717) is 51.9 Å². The van der Waals surface area contributed by atoms with Gasteiger partial charge in [-0.25, -0.2) is 13.6 Å². The summed E-state index contributed by atoms with van der Waals surface area (Å²) in [7, 11) is 0. The summed E-state index contributed by atoms with van der Waals surface area (Å²) in [4.78, 5) is 21.2. The lowest BCUT2D eigenvalue weighted by molar-refractivity contribution is 0.00415. The molecule has 1 unspecified atom stereocenters. The number of hydrogen-bond acceptors (Lipinski definition) is 6. The van der Waals surface area contributed by atoms with Gasteiger partial charge in [0.1, 0.15) is 17.7 Å². The molecule has 0 saturated carbocycles. The number of benzene rings is 1. The monoisotopic (exact) mass is 438 g/mol. The summed E-state index contributed by atoms with van der Waals surface area (Å²) in [6.45, 7) is 7.52. The molecule has 1 atom stereocenters. The Kier molecular flexibility index (Phi) is 7.69. The molecule has 0 aliphatic carbocycles. The zero-order chi connectivity index (χ0) is 22.5. The Bertz CT molecular complexity index is 798. The van der Waals surface area contributed by atoms with Crippen molar-refractivity contribution in [1.82, 2.24) is 4.90 Å². The highest BCUT2D eigenvalue weighted by Gasteiger charge is 2.26. The number of likely N-dealkylation sites (tertiary alicyclic amines) is 1. The summed E-state index contributed by atoms with van der Waals surface area (Å²) in [5.74, 6) is -0.953. The van der Waals surface area contributed by atoms with Crippen molar-refractivity contribution in [3.8, 4) is 0 Å². The molecule has 1 amide bonds. The molecular weight excluding hydrogens is 406 g/mol. The number of ether oxygens (including phenoxy) is 1. The third kappa shape index (κ3) is 6.06. The minimum atomic E-state index is -0.562. The van der Waals surface area contributed by atoms with Gasteiger partial charge in [0, 0.05) is 69.5 Å². The van der Waals surface area contributed by atoms with Gasteiger partial charge in [-0.1, -0.05) is 5.16 Å². The Balaban J connectivity index is 1.47. The predicted octanol–water partition coefficient (Wildman–Crippen LogP) is 3.97. The first-order valence-electron chi connectivity index (χ1n) is 10.9. The Morgan fingerprint density at radius 1 is 1.10 bits per heavy atom. The Morgan fingerprint density at radius 2 is 1.74 bits per heavy atom. The highest BCUT2D eigenvalue weighted by atomic mass is 19.1. The number of oxime groups is 1. The summed E-state index contributed by atoms with van der Waals surface area (Å²) in [6.07, 6.45) is 2.19. The van der Waals surface area contributed by atoms with E-state index >= 15 is 0 Å². The molecule has 1 aromatic carbocycles. The van der Waals surface area contributed by atoms with Crippen LogP contribution in [0.5, 0.6) is 0 Å². The van der Waals surface area contributed by atoms with E-state index in [1.54, 1.807) is 11.8 Å². The molecule has 2 N–H and O–H groups in total. The summed E-state index contributed by atoms with van der Waals surface area (Å²) in [5, 5.41) is 4.30. The number of amides is 1. The van der Waals surface area contributed by atoms with Crippen LogP contribution in [0.3, 0.4) is 0 Å². The lowest BCUT2D eigenvalue weighted by Gasteiger charge is -2.32. The number of anilines is 1. The van der Waals surface area contributed by atoms with Gasteiger partial charge in [-0.05, 0) is 26.8 Å². The molecule has 0 bridgehead atoms. The van der Waals surface area contributed by atoms with Crippen molar-refractivity contribution >= 4 is 17.5 Å². The standard InChI is InChI=1S/C22H32F2N4O3/c1-14(2)30-22(29)28-10-6-17(7-11-28)31-26-16-4-8-27(9-5-16)21-13-19(23)18(15(3)25)12-20(21)24/h12-15,17H,4-11,25H2,1-3H3. The van der Waals surface area contributed by atoms with E-state index < -0.39 is 17.7 Å². The first kappa shape index (κ1) is 23.2. The Hall–Kier alpha value is -2.42. The van der Waals surface area contributed by atoms with Gasteiger partial charge in [-0.15, -0.1) is 0 Å².